The number of azide groups is 1. The Labute approximate surface area is 64.6 Å². The van der Waals surface area contributed by atoms with E-state index in [1.54, 1.807) is 6.08 Å². The third kappa shape index (κ3) is 2.56. The minimum absolute atomic E-state index is 1.03. The van der Waals surface area contributed by atoms with Gasteiger partial charge in [0.2, 0.25) is 0 Å². The lowest BCUT2D eigenvalue weighted by molar-refractivity contribution is 1.52. The highest BCUT2D eigenvalue weighted by molar-refractivity contribution is 5.48. The minimum Gasteiger partial charge on any atom is -0.0686 e. The second-order valence-corrected chi connectivity index (χ2v) is 1.93. The Morgan fingerprint density at radius 1 is 1.27 bits per heavy atom. The van der Waals surface area contributed by atoms with Gasteiger partial charge in [-0.05, 0) is 11.1 Å². The van der Waals surface area contributed by atoms with Crippen molar-refractivity contribution in [2.45, 2.75) is 0 Å². The van der Waals surface area contributed by atoms with Gasteiger partial charge in [-0.2, -0.15) is 0 Å². The van der Waals surface area contributed by atoms with Crippen LogP contribution < -0.4 is 0 Å². The maximum Gasteiger partial charge on any atom is 0.00475 e. The molecule has 54 valence electrons. The van der Waals surface area contributed by atoms with Crippen molar-refractivity contribution in [3.63, 3.8) is 0 Å². The van der Waals surface area contributed by atoms with Gasteiger partial charge in [0.05, 0.1) is 0 Å². The van der Waals surface area contributed by atoms with Crippen molar-refractivity contribution >= 4 is 6.08 Å². The van der Waals surface area contributed by atoms with Gasteiger partial charge in [0.1, 0.15) is 0 Å². The molecule has 0 bridgehead atoms. The van der Waals surface area contributed by atoms with Gasteiger partial charge in [0.15, 0.2) is 0 Å². The summed E-state index contributed by atoms with van der Waals surface area (Å²) in [4.78, 5) is 2.59. The van der Waals surface area contributed by atoms with Gasteiger partial charge in [0.25, 0.3) is 0 Å². The van der Waals surface area contributed by atoms with E-state index >= 15 is 0 Å². The molecular formula is C8H7N3. The van der Waals surface area contributed by atoms with Gasteiger partial charge in [-0.25, -0.2) is 0 Å². The molecule has 0 aromatic heterocycles. The number of hydrogen-bond donors (Lipinski definition) is 0. The molecular weight excluding hydrogens is 138 g/mol. The molecule has 0 saturated carbocycles. The maximum atomic E-state index is 7.95. The summed E-state index contributed by atoms with van der Waals surface area (Å²) >= 11 is 0. The molecule has 0 saturated heterocycles. The molecule has 0 radical (unpaired) electrons. The fourth-order valence-corrected chi connectivity index (χ4v) is 0.713. The Hall–Kier alpha value is -1.73. The van der Waals surface area contributed by atoms with Gasteiger partial charge in [-0.15, -0.1) is 0 Å². The first-order chi connectivity index (χ1) is 5.43. The monoisotopic (exact) mass is 145 g/mol. The summed E-state index contributed by atoms with van der Waals surface area (Å²) in [6.45, 7) is 0. The molecule has 0 spiro atoms. The highest BCUT2D eigenvalue weighted by Crippen LogP contribution is 2.00. The van der Waals surface area contributed by atoms with Gasteiger partial charge in [-0.3, -0.25) is 0 Å². The molecule has 0 atom stereocenters. The normalized spacial score (nSPS) is 9.45. The lowest BCUT2D eigenvalue weighted by Crippen LogP contribution is -1.65. The fourth-order valence-electron chi connectivity index (χ4n) is 0.713. The van der Waals surface area contributed by atoms with E-state index in [4.69, 9.17) is 5.53 Å². The molecule has 0 N–H and O–H groups in total. The van der Waals surface area contributed by atoms with Crippen LogP contribution in [0.1, 0.15) is 5.56 Å². The highest BCUT2D eigenvalue weighted by Gasteiger charge is 1.78. The number of benzene rings is 1. The third-order valence-electron chi connectivity index (χ3n) is 1.18. The maximum absolute atomic E-state index is 7.95. The Balaban J connectivity index is 2.72. The zero-order chi connectivity index (χ0) is 7.94. The van der Waals surface area contributed by atoms with Crippen LogP contribution in [0.5, 0.6) is 0 Å². The van der Waals surface area contributed by atoms with Crippen molar-refractivity contribution in [2.75, 3.05) is 0 Å². The average molecular weight is 145 g/mol. The molecule has 1 rings (SSSR count). The molecule has 0 fully saturated rings. The first kappa shape index (κ1) is 7.38. The molecule has 1 aromatic carbocycles. The SMILES string of the molecule is [N-]=[N+]=N/C=C\c1ccccc1. The fraction of sp³-hybridized carbons (Fsp3) is 0. The lowest BCUT2D eigenvalue weighted by Gasteiger charge is -1.87. The predicted molar refractivity (Wildman–Crippen MR) is 44.6 cm³/mol. The smallest absolute Gasteiger partial charge is 0.00475 e. The molecule has 0 unspecified atom stereocenters. The largest absolute Gasteiger partial charge is 0.0686 e. The zero-order valence-electron chi connectivity index (χ0n) is 5.88. The van der Waals surface area contributed by atoms with Crippen LogP contribution in [-0.2, 0) is 0 Å². The summed E-state index contributed by atoms with van der Waals surface area (Å²) in [6, 6.07) is 9.66. The Morgan fingerprint density at radius 3 is 2.64 bits per heavy atom. The number of hydrogen-bond acceptors (Lipinski definition) is 1. The Morgan fingerprint density at radius 2 is 2.00 bits per heavy atom. The van der Waals surface area contributed by atoms with Crippen molar-refractivity contribution < 1.29 is 0 Å². The van der Waals surface area contributed by atoms with E-state index in [0.29, 0.717) is 0 Å². The first-order valence-corrected chi connectivity index (χ1v) is 3.19. The van der Waals surface area contributed by atoms with E-state index in [0.717, 1.165) is 5.56 Å². The van der Waals surface area contributed by atoms with E-state index in [9.17, 15) is 0 Å². The molecule has 3 heteroatoms. The van der Waals surface area contributed by atoms with Crippen LogP contribution >= 0.6 is 0 Å². The van der Waals surface area contributed by atoms with Crippen LogP contribution in [0.3, 0.4) is 0 Å². The highest BCUT2D eigenvalue weighted by atomic mass is 15.1. The van der Waals surface area contributed by atoms with Crippen molar-refractivity contribution in [3.05, 3.63) is 52.5 Å². The average Bonchev–Trinajstić information content (AvgIpc) is 2.07. The summed E-state index contributed by atoms with van der Waals surface area (Å²) in [7, 11) is 0. The topological polar surface area (TPSA) is 48.8 Å². The van der Waals surface area contributed by atoms with Crippen molar-refractivity contribution in [2.24, 2.45) is 5.11 Å². The zero-order valence-corrected chi connectivity index (χ0v) is 5.88. The summed E-state index contributed by atoms with van der Waals surface area (Å²) in [5, 5.41) is 3.27. The van der Waals surface area contributed by atoms with Crippen LogP contribution in [0.25, 0.3) is 16.5 Å². The van der Waals surface area contributed by atoms with Gasteiger partial charge < -0.3 is 0 Å². The van der Waals surface area contributed by atoms with Crippen molar-refractivity contribution in [1.82, 2.24) is 0 Å². The molecule has 0 aliphatic rings. The van der Waals surface area contributed by atoms with Crippen LogP contribution in [-0.4, -0.2) is 0 Å². The van der Waals surface area contributed by atoms with E-state index in [1.807, 2.05) is 30.3 Å². The second kappa shape index (κ2) is 4.14. The van der Waals surface area contributed by atoms with E-state index < -0.39 is 0 Å². The summed E-state index contributed by atoms with van der Waals surface area (Å²) in [6.07, 6.45) is 3.18. The van der Waals surface area contributed by atoms with E-state index in [1.165, 1.54) is 6.20 Å². The third-order valence-corrected chi connectivity index (χ3v) is 1.18. The molecule has 11 heavy (non-hydrogen) atoms. The van der Waals surface area contributed by atoms with Gasteiger partial charge >= 0.3 is 0 Å². The summed E-state index contributed by atoms with van der Waals surface area (Å²) in [5.41, 5.74) is 8.98. The van der Waals surface area contributed by atoms with Gasteiger partial charge in [-0.1, -0.05) is 41.5 Å². The number of nitrogens with zero attached hydrogens (tertiary/aromatic N) is 3. The van der Waals surface area contributed by atoms with Crippen molar-refractivity contribution in [3.8, 4) is 0 Å². The standard InChI is InChI=1S/C8H7N3/c9-11-10-7-6-8-4-2-1-3-5-8/h1-7H/b7-6-. The first-order valence-electron chi connectivity index (χ1n) is 3.19. The predicted octanol–water partition coefficient (Wildman–Crippen LogP) is 2.97. The molecule has 0 aliphatic carbocycles. The number of rotatable bonds is 2. The Bertz CT molecular complexity index is 283. The molecule has 0 aliphatic heterocycles. The van der Waals surface area contributed by atoms with Crippen LogP contribution in [0.15, 0.2) is 41.6 Å². The van der Waals surface area contributed by atoms with Crippen LogP contribution in [0.2, 0.25) is 0 Å². The van der Waals surface area contributed by atoms with E-state index in [-0.39, 0.29) is 0 Å². The molecule has 0 amide bonds. The molecule has 3 nitrogen and oxygen atoms in total. The molecule has 0 heterocycles. The van der Waals surface area contributed by atoms with Gasteiger partial charge in [0, 0.05) is 11.1 Å². The summed E-state index contributed by atoms with van der Waals surface area (Å²) < 4.78 is 0. The molecule has 1 aromatic rings. The minimum atomic E-state index is 1.03. The quantitative estimate of drug-likeness (QED) is 0.349. The second-order valence-electron chi connectivity index (χ2n) is 1.93. The van der Waals surface area contributed by atoms with Crippen LogP contribution in [0.4, 0.5) is 0 Å². The van der Waals surface area contributed by atoms with Crippen LogP contribution in [0, 0.1) is 0 Å². The van der Waals surface area contributed by atoms with E-state index in [2.05, 4.69) is 10.0 Å². The van der Waals surface area contributed by atoms with Crippen molar-refractivity contribution in [1.29, 1.82) is 0 Å². The Kier molecular flexibility index (Phi) is 2.78. The summed E-state index contributed by atoms with van der Waals surface area (Å²) in [5.74, 6) is 0. The lowest BCUT2D eigenvalue weighted by atomic mass is 10.2.